The number of para-hydroxylation sites is 1. The van der Waals surface area contributed by atoms with Gasteiger partial charge in [-0.3, -0.25) is 0 Å². The van der Waals surface area contributed by atoms with Crippen molar-refractivity contribution in [2.75, 3.05) is 18.0 Å². The first-order valence-corrected chi connectivity index (χ1v) is 8.05. The van der Waals surface area contributed by atoms with Crippen molar-refractivity contribution in [2.24, 2.45) is 11.3 Å². The summed E-state index contributed by atoms with van der Waals surface area (Å²) in [6, 6.07) is 10.8. The lowest BCUT2D eigenvalue weighted by atomic mass is 9.65. The third kappa shape index (κ3) is 2.89. The first kappa shape index (κ1) is 13.7. The molecule has 1 aliphatic carbocycles. The van der Waals surface area contributed by atoms with Gasteiger partial charge in [0.1, 0.15) is 6.29 Å². The Morgan fingerprint density at radius 2 is 1.70 bits per heavy atom. The molecule has 2 fully saturated rings. The molecule has 1 spiro atoms. The summed E-state index contributed by atoms with van der Waals surface area (Å²) in [6.45, 7) is 2.39. The Morgan fingerprint density at radius 3 is 2.30 bits per heavy atom. The molecule has 0 aromatic heterocycles. The molecule has 1 aromatic carbocycles. The summed E-state index contributed by atoms with van der Waals surface area (Å²) in [5.41, 5.74) is 1.96. The third-order valence-electron chi connectivity index (χ3n) is 5.54. The number of piperidine rings is 1. The summed E-state index contributed by atoms with van der Waals surface area (Å²) in [5, 5.41) is 0. The molecule has 2 nitrogen and oxygen atoms in total. The Kier molecular flexibility index (Phi) is 4.09. The van der Waals surface area contributed by atoms with Crippen molar-refractivity contribution >= 4 is 12.0 Å². The van der Waals surface area contributed by atoms with Gasteiger partial charge in [0.2, 0.25) is 0 Å². The fourth-order valence-electron chi connectivity index (χ4n) is 4.04. The first-order chi connectivity index (χ1) is 9.81. The molecule has 0 amide bonds. The van der Waals surface area contributed by atoms with E-state index in [2.05, 4.69) is 35.2 Å². The molecular weight excluding hydrogens is 246 g/mol. The second-order valence-corrected chi connectivity index (χ2v) is 6.67. The number of nitrogens with zero attached hydrogens (tertiary/aromatic N) is 1. The predicted octanol–water partition coefficient (Wildman–Crippen LogP) is 4.05. The fourth-order valence-corrected chi connectivity index (χ4v) is 4.04. The average molecular weight is 271 g/mol. The number of hydrogen-bond acceptors (Lipinski definition) is 2. The van der Waals surface area contributed by atoms with Crippen LogP contribution in [-0.2, 0) is 4.79 Å². The van der Waals surface area contributed by atoms with Gasteiger partial charge in [0.25, 0.3) is 0 Å². The number of benzene rings is 1. The summed E-state index contributed by atoms with van der Waals surface area (Å²) in [7, 11) is 0. The molecule has 1 saturated heterocycles. The van der Waals surface area contributed by atoms with Crippen molar-refractivity contribution in [3.05, 3.63) is 30.3 Å². The van der Waals surface area contributed by atoms with E-state index in [0.29, 0.717) is 11.3 Å². The lowest BCUT2D eigenvalue weighted by Crippen LogP contribution is -2.42. The zero-order valence-electron chi connectivity index (χ0n) is 12.3. The highest BCUT2D eigenvalue weighted by atomic mass is 16.1. The Balaban J connectivity index is 1.55. The molecule has 3 rings (SSSR count). The quantitative estimate of drug-likeness (QED) is 0.773. The molecule has 2 aliphatic rings. The van der Waals surface area contributed by atoms with Crippen LogP contribution in [0.1, 0.15) is 44.9 Å². The van der Waals surface area contributed by atoms with Crippen molar-refractivity contribution in [1.29, 1.82) is 0 Å². The van der Waals surface area contributed by atoms with Crippen molar-refractivity contribution in [3.8, 4) is 0 Å². The van der Waals surface area contributed by atoms with E-state index in [1.54, 1.807) is 0 Å². The van der Waals surface area contributed by atoms with Crippen LogP contribution in [0.4, 0.5) is 5.69 Å². The average Bonchev–Trinajstić information content (AvgIpc) is 2.52. The van der Waals surface area contributed by atoms with Gasteiger partial charge in [-0.2, -0.15) is 0 Å². The minimum absolute atomic E-state index is 0.588. The van der Waals surface area contributed by atoms with E-state index in [1.165, 1.54) is 57.3 Å². The standard InChI is InChI=1S/C18H25NO/c20-15-8-16-6-9-18(10-7-16)11-13-19(14-12-18)17-4-2-1-3-5-17/h1-5,15-16H,6-14H2. The van der Waals surface area contributed by atoms with E-state index in [4.69, 9.17) is 0 Å². The van der Waals surface area contributed by atoms with Gasteiger partial charge < -0.3 is 9.69 Å². The van der Waals surface area contributed by atoms with Crippen molar-refractivity contribution in [1.82, 2.24) is 0 Å². The van der Waals surface area contributed by atoms with Crippen LogP contribution in [0.15, 0.2) is 30.3 Å². The van der Waals surface area contributed by atoms with Crippen molar-refractivity contribution in [3.63, 3.8) is 0 Å². The number of rotatable bonds is 3. The van der Waals surface area contributed by atoms with Gasteiger partial charge in [0, 0.05) is 25.2 Å². The monoisotopic (exact) mass is 271 g/mol. The van der Waals surface area contributed by atoms with Gasteiger partial charge in [-0.25, -0.2) is 0 Å². The number of anilines is 1. The van der Waals surface area contributed by atoms with Crippen LogP contribution in [0.2, 0.25) is 0 Å². The van der Waals surface area contributed by atoms with Crippen LogP contribution >= 0.6 is 0 Å². The van der Waals surface area contributed by atoms with E-state index in [1.807, 2.05) is 0 Å². The zero-order chi connectivity index (χ0) is 13.8. The SMILES string of the molecule is O=CCC1CCC2(CC1)CCN(c1ccccc1)CC2. The van der Waals surface area contributed by atoms with Gasteiger partial charge in [0.05, 0.1) is 0 Å². The highest BCUT2D eigenvalue weighted by Gasteiger charge is 2.37. The van der Waals surface area contributed by atoms with Gasteiger partial charge in [-0.05, 0) is 62.0 Å². The smallest absolute Gasteiger partial charge is 0.120 e. The van der Waals surface area contributed by atoms with Crippen molar-refractivity contribution < 1.29 is 4.79 Å². The maximum Gasteiger partial charge on any atom is 0.120 e. The Labute approximate surface area is 122 Å². The van der Waals surface area contributed by atoms with E-state index >= 15 is 0 Å². The second-order valence-electron chi connectivity index (χ2n) is 6.67. The zero-order valence-corrected chi connectivity index (χ0v) is 12.3. The number of carbonyl (C=O) groups is 1. The Morgan fingerprint density at radius 1 is 1.05 bits per heavy atom. The topological polar surface area (TPSA) is 20.3 Å². The Bertz CT molecular complexity index is 424. The molecular formula is C18H25NO. The number of hydrogen-bond donors (Lipinski definition) is 0. The molecule has 1 saturated carbocycles. The molecule has 0 N–H and O–H groups in total. The summed E-state index contributed by atoms with van der Waals surface area (Å²) < 4.78 is 0. The van der Waals surface area contributed by atoms with Crippen LogP contribution in [0.5, 0.6) is 0 Å². The minimum Gasteiger partial charge on any atom is -0.371 e. The molecule has 1 aromatic rings. The van der Waals surface area contributed by atoms with Crippen molar-refractivity contribution in [2.45, 2.75) is 44.9 Å². The summed E-state index contributed by atoms with van der Waals surface area (Å²) in [4.78, 5) is 13.2. The van der Waals surface area contributed by atoms with Gasteiger partial charge >= 0.3 is 0 Å². The Hall–Kier alpha value is -1.31. The van der Waals surface area contributed by atoms with E-state index < -0.39 is 0 Å². The normalized spacial score (nSPS) is 22.9. The molecule has 0 atom stereocenters. The van der Waals surface area contributed by atoms with Crippen LogP contribution in [0.3, 0.4) is 0 Å². The second kappa shape index (κ2) is 5.99. The fraction of sp³-hybridized carbons (Fsp3) is 0.611. The molecule has 1 heterocycles. The maximum atomic E-state index is 10.6. The van der Waals surface area contributed by atoms with E-state index in [0.717, 1.165) is 12.7 Å². The summed E-state index contributed by atoms with van der Waals surface area (Å²) >= 11 is 0. The predicted molar refractivity (Wildman–Crippen MR) is 83.0 cm³/mol. The maximum absolute atomic E-state index is 10.6. The highest BCUT2D eigenvalue weighted by Crippen LogP contribution is 2.47. The lowest BCUT2D eigenvalue weighted by Gasteiger charge is -2.46. The first-order valence-electron chi connectivity index (χ1n) is 8.05. The van der Waals surface area contributed by atoms with E-state index in [-0.39, 0.29) is 0 Å². The van der Waals surface area contributed by atoms with Gasteiger partial charge in [-0.15, -0.1) is 0 Å². The summed E-state index contributed by atoms with van der Waals surface area (Å²) in [5.74, 6) is 0.672. The van der Waals surface area contributed by atoms with Crippen LogP contribution in [-0.4, -0.2) is 19.4 Å². The molecule has 0 radical (unpaired) electrons. The highest BCUT2D eigenvalue weighted by molar-refractivity contribution is 5.49. The van der Waals surface area contributed by atoms with Crippen LogP contribution in [0.25, 0.3) is 0 Å². The minimum atomic E-state index is 0.588. The molecule has 108 valence electrons. The van der Waals surface area contributed by atoms with Crippen LogP contribution < -0.4 is 4.90 Å². The molecule has 20 heavy (non-hydrogen) atoms. The number of carbonyl (C=O) groups excluding carboxylic acids is 1. The third-order valence-corrected chi connectivity index (χ3v) is 5.54. The lowest BCUT2D eigenvalue weighted by molar-refractivity contribution is -0.109. The summed E-state index contributed by atoms with van der Waals surface area (Å²) in [6.07, 6.45) is 9.77. The molecule has 0 unspecified atom stereocenters. The van der Waals surface area contributed by atoms with Crippen LogP contribution in [0, 0.1) is 11.3 Å². The largest absolute Gasteiger partial charge is 0.371 e. The molecule has 1 aliphatic heterocycles. The van der Waals surface area contributed by atoms with Gasteiger partial charge in [-0.1, -0.05) is 18.2 Å². The van der Waals surface area contributed by atoms with Gasteiger partial charge in [0.15, 0.2) is 0 Å². The molecule has 0 bridgehead atoms. The van der Waals surface area contributed by atoms with E-state index in [9.17, 15) is 4.79 Å². The number of aldehydes is 1. The molecule has 2 heteroatoms.